The van der Waals surface area contributed by atoms with Crippen LogP contribution in [0.5, 0.6) is 0 Å². The SMILES string of the molecule is CC(CN(CC#N)c1cc(Cl)ccc1Cl)C(=O)O. The number of hydrogen-bond acceptors (Lipinski definition) is 3. The average Bonchev–Trinajstić information content (AvgIpc) is 2.31. The molecule has 1 rings (SSSR count). The molecule has 1 atom stereocenters. The molecule has 0 saturated heterocycles. The highest BCUT2D eigenvalue weighted by Gasteiger charge is 2.18. The lowest BCUT2D eigenvalue weighted by atomic mass is 10.1. The van der Waals surface area contributed by atoms with E-state index in [2.05, 4.69) is 0 Å². The van der Waals surface area contributed by atoms with Crippen LogP contribution in [0.25, 0.3) is 0 Å². The van der Waals surface area contributed by atoms with Gasteiger partial charge in [-0.1, -0.05) is 30.1 Å². The van der Waals surface area contributed by atoms with E-state index in [-0.39, 0.29) is 13.1 Å². The number of halogens is 2. The molecule has 0 saturated carbocycles. The largest absolute Gasteiger partial charge is 0.481 e. The molecule has 1 N–H and O–H groups in total. The van der Waals surface area contributed by atoms with Gasteiger partial charge >= 0.3 is 5.97 Å². The minimum absolute atomic E-state index is 0.0533. The number of carboxylic acid groups (broad SMARTS) is 1. The molecule has 0 amide bonds. The normalized spacial score (nSPS) is 11.7. The van der Waals surface area contributed by atoms with Gasteiger partial charge in [-0.2, -0.15) is 5.26 Å². The minimum Gasteiger partial charge on any atom is -0.481 e. The Hall–Kier alpha value is -1.44. The summed E-state index contributed by atoms with van der Waals surface area (Å²) in [6.45, 7) is 1.83. The first-order chi connectivity index (χ1) is 8.45. The van der Waals surface area contributed by atoms with Crippen molar-refractivity contribution < 1.29 is 9.90 Å². The van der Waals surface area contributed by atoms with Gasteiger partial charge in [0, 0.05) is 11.6 Å². The Morgan fingerprint density at radius 2 is 2.22 bits per heavy atom. The van der Waals surface area contributed by atoms with Crippen molar-refractivity contribution in [3.63, 3.8) is 0 Å². The molecule has 0 aliphatic heterocycles. The molecular formula is C12H12Cl2N2O2. The van der Waals surface area contributed by atoms with Crippen molar-refractivity contribution in [2.24, 2.45) is 5.92 Å². The van der Waals surface area contributed by atoms with Crippen LogP contribution in [0, 0.1) is 17.2 Å². The highest BCUT2D eigenvalue weighted by molar-refractivity contribution is 6.35. The van der Waals surface area contributed by atoms with Gasteiger partial charge in [-0.25, -0.2) is 0 Å². The topological polar surface area (TPSA) is 64.3 Å². The summed E-state index contributed by atoms with van der Waals surface area (Å²) in [5.41, 5.74) is 0.568. The third kappa shape index (κ3) is 3.80. The maximum Gasteiger partial charge on any atom is 0.308 e. The van der Waals surface area contributed by atoms with Crippen molar-refractivity contribution in [3.8, 4) is 6.07 Å². The van der Waals surface area contributed by atoms with Gasteiger partial charge in [-0.3, -0.25) is 4.79 Å². The highest BCUT2D eigenvalue weighted by atomic mass is 35.5. The molecule has 0 aliphatic rings. The number of benzene rings is 1. The summed E-state index contributed by atoms with van der Waals surface area (Å²) in [5, 5.41) is 18.6. The van der Waals surface area contributed by atoms with Gasteiger partial charge in [0.25, 0.3) is 0 Å². The van der Waals surface area contributed by atoms with Crippen LogP contribution < -0.4 is 4.90 Å². The standard InChI is InChI=1S/C12H12Cl2N2O2/c1-8(12(17)18)7-16(5-4-15)11-6-9(13)2-3-10(11)14/h2-3,6,8H,5,7H2,1H3,(H,17,18). The number of hydrogen-bond donors (Lipinski definition) is 1. The molecule has 0 aliphatic carbocycles. The van der Waals surface area contributed by atoms with E-state index in [1.807, 2.05) is 6.07 Å². The first kappa shape index (κ1) is 14.6. The predicted molar refractivity (Wildman–Crippen MR) is 71.1 cm³/mol. The summed E-state index contributed by atoms with van der Waals surface area (Å²) < 4.78 is 0. The van der Waals surface area contributed by atoms with Crippen LogP contribution in [-0.4, -0.2) is 24.2 Å². The number of anilines is 1. The zero-order valence-corrected chi connectivity index (χ0v) is 11.2. The zero-order valence-electron chi connectivity index (χ0n) is 9.73. The van der Waals surface area contributed by atoms with Gasteiger partial charge in [0.15, 0.2) is 0 Å². The molecule has 0 spiro atoms. The van der Waals surface area contributed by atoms with Crippen LogP contribution >= 0.6 is 23.2 Å². The van der Waals surface area contributed by atoms with Gasteiger partial charge < -0.3 is 10.0 Å². The molecule has 6 heteroatoms. The third-order valence-corrected chi connectivity index (χ3v) is 2.98. The van der Waals surface area contributed by atoms with Crippen LogP contribution in [0.2, 0.25) is 10.0 Å². The van der Waals surface area contributed by atoms with Crippen molar-refractivity contribution in [1.82, 2.24) is 0 Å². The van der Waals surface area contributed by atoms with E-state index >= 15 is 0 Å². The number of carboxylic acids is 1. The molecule has 0 fully saturated rings. The van der Waals surface area contributed by atoms with Crippen LogP contribution in [0.4, 0.5) is 5.69 Å². The summed E-state index contributed by atoms with van der Waals surface area (Å²) in [6, 6.07) is 6.87. The summed E-state index contributed by atoms with van der Waals surface area (Å²) in [6.07, 6.45) is 0. The van der Waals surface area contributed by atoms with Crippen molar-refractivity contribution >= 4 is 34.9 Å². The predicted octanol–water partition coefficient (Wildman–Crippen LogP) is 3.04. The van der Waals surface area contributed by atoms with Crippen molar-refractivity contribution in [2.45, 2.75) is 6.92 Å². The number of nitrogens with zero attached hydrogens (tertiary/aromatic N) is 2. The van der Waals surface area contributed by atoms with E-state index in [9.17, 15) is 4.79 Å². The van der Waals surface area contributed by atoms with Crippen molar-refractivity contribution in [3.05, 3.63) is 28.2 Å². The number of nitriles is 1. The third-order valence-electron chi connectivity index (χ3n) is 2.43. The molecule has 0 aromatic heterocycles. The van der Waals surface area contributed by atoms with Crippen LogP contribution in [-0.2, 0) is 4.79 Å². The van der Waals surface area contributed by atoms with Gasteiger partial charge in [-0.15, -0.1) is 0 Å². The van der Waals surface area contributed by atoms with E-state index in [0.29, 0.717) is 15.7 Å². The molecule has 18 heavy (non-hydrogen) atoms. The first-order valence-corrected chi connectivity index (χ1v) is 6.01. The van der Waals surface area contributed by atoms with Gasteiger partial charge in [0.2, 0.25) is 0 Å². The molecule has 4 nitrogen and oxygen atoms in total. The van der Waals surface area contributed by atoms with E-state index in [1.165, 1.54) is 0 Å². The number of rotatable bonds is 5. The minimum atomic E-state index is -0.920. The Morgan fingerprint density at radius 3 is 2.78 bits per heavy atom. The Labute approximate surface area is 115 Å². The Bertz CT molecular complexity index is 485. The van der Waals surface area contributed by atoms with Gasteiger partial charge in [-0.05, 0) is 18.2 Å². The molecule has 1 aromatic rings. The second-order valence-corrected chi connectivity index (χ2v) is 4.72. The lowest BCUT2D eigenvalue weighted by Gasteiger charge is -2.24. The summed E-state index contributed by atoms with van der Waals surface area (Å²) in [5.74, 6) is -1.52. The lowest BCUT2D eigenvalue weighted by molar-refractivity contribution is -0.140. The van der Waals surface area contributed by atoms with E-state index in [4.69, 9.17) is 33.6 Å². The lowest BCUT2D eigenvalue weighted by Crippen LogP contribution is -2.32. The Balaban J connectivity index is 3.01. The summed E-state index contributed by atoms with van der Waals surface area (Å²) >= 11 is 11.9. The number of carbonyl (C=O) groups is 1. The molecule has 0 radical (unpaired) electrons. The summed E-state index contributed by atoms with van der Waals surface area (Å²) in [4.78, 5) is 12.5. The molecule has 1 unspecified atom stereocenters. The van der Waals surface area contributed by atoms with Gasteiger partial charge in [0.1, 0.15) is 6.54 Å². The Morgan fingerprint density at radius 1 is 1.56 bits per heavy atom. The van der Waals surface area contributed by atoms with Crippen LogP contribution in [0.15, 0.2) is 18.2 Å². The second kappa shape index (κ2) is 6.48. The molecule has 0 bridgehead atoms. The maximum atomic E-state index is 10.9. The second-order valence-electron chi connectivity index (χ2n) is 3.87. The summed E-state index contributed by atoms with van der Waals surface area (Å²) in [7, 11) is 0. The maximum absolute atomic E-state index is 10.9. The average molecular weight is 287 g/mol. The van der Waals surface area contributed by atoms with Gasteiger partial charge in [0.05, 0.1) is 22.7 Å². The Kier molecular flexibility index (Phi) is 5.26. The molecule has 1 aromatic carbocycles. The van der Waals surface area contributed by atoms with E-state index < -0.39 is 11.9 Å². The van der Waals surface area contributed by atoms with E-state index in [1.54, 1.807) is 30.0 Å². The smallest absolute Gasteiger partial charge is 0.308 e. The fraction of sp³-hybridized carbons (Fsp3) is 0.333. The molecule has 96 valence electrons. The molecular weight excluding hydrogens is 275 g/mol. The fourth-order valence-corrected chi connectivity index (χ4v) is 1.87. The first-order valence-electron chi connectivity index (χ1n) is 5.25. The number of aliphatic carboxylic acids is 1. The zero-order chi connectivity index (χ0) is 13.7. The van der Waals surface area contributed by atoms with Crippen molar-refractivity contribution in [1.29, 1.82) is 5.26 Å². The monoisotopic (exact) mass is 286 g/mol. The van der Waals surface area contributed by atoms with Crippen molar-refractivity contribution in [2.75, 3.05) is 18.0 Å². The quantitative estimate of drug-likeness (QED) is 0.845. The fourth-order valence-electron chi connectivity index (χ4n) is 1.47. The highest BCUT2D eigenvalue weighted by Crippen LogP contribution is 2.29. The molecule has 0 heterocycles. The van der Waals surface area contributed by atoms with Crippen LogP contribution in [0.3, 0.4) is 0 Å². The van der Waals surface area contributed by atoms with E-state index in [0.717, 1.165) is 0 Å². The van der Waals surface area contributed by atoms with Crippen LogP contribution in [0.1, 0.15) is 6.92 Å².